The first kappa shape index (κ1) is 17.9. The molecule has 0 bridgehead atoms. The second-order valence-electron chi connectivity index (χ2n) is 6.26. The van der Waals surface area contributed by atoms with Gasteiger partial charge in [0.15, 0.2) is 5.65 Å². The van der Waals surface area contributed by atoms with Crippen molar-refractivity contribution in [3.63, 3.8) is 0 Å². The van der Waals surface area contributed by atoms with Gasteiger partial charge in [0, 0.05) is 12.1 Å². The topological polar surface area (TPSA) is 60.7 Å². The van der Waals surface area contributed by atoms with Gasteiger partial charge < -0.3 is 14.8 Å². The minimum Gasteiger partial charge on any atom is -0.497 e. The molecule has 0 amide bonds. The average Bonchev–Trinajstić information content (AvgIpc) is 3.11. The summed E-state index contributed by atoms with van der Waals surface area (Å²) in [5.41, 5.74) is 3.65. The minimum absolute atomic E-state index is 0.538. The second-order valence-corrected chi connectivity index (χ2v) is 6.26. The number of methoxy groups -OCH3 is 1. The molecule has 28 heavy (non-hydrogen) atoms. The number of imidazole rings is 1. The first-order valence-corrected chi connectivity index (χ1v) is 9.23. The SMILES string of the molecule is CCOc1c(-c2ccccc2)nc2ccc(NCc3cccc(OC)c3)nn12. The van der Waals surface area contributed by atoms with Gasteiger partial charge in [-0.1, -0.05) is 42.5 Å². The lowest BCUT2D eigenvalue weighted by Gasteiger charge is -2.09. The van der Waals surface area contributed by atoms with E-state index in [1.165, 1.54) is 0 Å². The summed E-state index contributed by atoms with van der Waals surface area (Å²) >= 11 is 0. The van der Waals surface area contributed by atoms with Crippen LogP contribution in [-0.4, -0.2) is 28.3 Å². The Labute approximate surface area is 163 Å². The molecule has 0 aliphatic heterocycles. The van der Waals surface area contributed by atoms with Crippen LogP contribution < -0.4 is 14.8 Å². The first-order valence-electron chi connectivity index (χ1n) is 9.23. The van der Waals surface area contributed by atoms with E-state index in [0.717, 1.165) is 34.0 Å². The van der Waals surface area contributed by atoms with Crippen LogP contribution in [-0.2, 0) is 6.54 Å². The van der Waals surface area contributed by atoms with E-state index in [4.69, 9.17) is 14.5 Å². The molecule has 2 aromatic heterocycles. The van der Waals surface area contributed by atoms with E-state index >= 15 is 0 Å². The van der Waals surface area contributed by atoms with Crippen LogP contribution in [0.25, 0.3) is 16.9 Å². The summed E-state index contributed by atoms with van der Waals surface area (Å²) in [4.78, 5) is 4.71. The highest BCUT2D eigenvalue weighted by Crippen LogP contribution is 2.30. The molecule has 0 saturated carbocycles. The summed E-state index contributed by atoms with van der Waals surface area (Å²) < 4.78 is 12.9. The number of ether oxygens (including phenoxy) is 2. The van der Waals surface area contributed by atoms with Crippen LogP contribution in [0.2, 0.25) is 0 Å². The van der Waals surface area contributed by atoms with Gasteiger partial charge in [0.25, 0.3) is 0 Å². The van der Waals surface area contributed by atoms with E-state index in [1.54, 1.807) is 11.6 Å². The fourth-order valence-corrected chi connectivity index (χ4v) is 3.03. The number of benzene rings is 2. The summed E-state index contributed by atoms with van der Waals surface area (Å²) in [5, 5.41) is 8.04. The molecule has 4 aromatic rings. The van der Waals surface area contributed by atoms with Crippen molar-refractivity contribution in [2.24, 2.45) is 0 Å². The van der Waals surface area contributed by atoms with Crippen LogP contribution >= 0.6 is 0 Å². The molecule has 0 aliphatic rings. The lowest BCUT2D eigenvalue weighted by Crippen LogP contribution is -2.05. The highest BCUT2D eigenvalue weighted by atomic mass is 16.5. The molecular weight excluding hydrogens is 352 g/mol. The van der Waals surface area contributed by atoms with Gasteiger partial charge in [-0.15, -0.1) is 5.10 Å². The van der Waals surface area contributed by atoms with E-state index in [9.17, 15) is 0 Å². The van der Waals surface area contributed by atoms with Crippen molar-refractivity contribution in [3.8, 4) is 22.9 Å². The zero-order valence-corrected chi connectivity index (χ0v) is 15.9. The van der Waals surface area contributed by atoms with Gasteiger partial charge in [0.05, 0.1) is 13.7 Å². The van der Waals surface area contributed by atoms with E-state index < -0.39 is 0 Å². The quantitative estimate of drug-likeness (QED) is 0.519. The summed E-state index contributed by atoms with van der Waals surface area (Å²) in [6.45, 7) is 3.13. The van der Waals surface area contributed by atoms with E-state index in [2.05, 4.69) is 10.4 Å². The number of hydrogen-bond donors (Lipinski definition) is 1. The van der Waals surface area contributed by atoms with Crippen LogP contribution in [0.4, 0.5) is 5.82 Å². The van der Waals surface area contributed by atoms with Crippen LogP contribution in [0.15, 0.2) is 66.7 Å². The molecular formula is C22H22N4O2. The Kier molecular flexibility index (Phi) is 5.10. The maximum absolute atomic E-state index is 5.89. The standard InChI is InChI=1S/C22H22N4O2/c1-3-28-22-21(17-9-5-4-6-10-17)24-20-13-12-19(25-26(20)22)23-15-16-8-7-11-18(14-16)27-2/h4-14H,3,15H2,1-2H3,(H,23,25). The Morgan fingerprint density at radius 2 is 1.86 bits per heavy atom. The maximum atomic E-state index is 5.89. The number of nitrogens with one attached hydrogen (secondary N) is 1. The van der Waals surface area contributed by atoms with Gasteiger partial charge in [-0.05, 0) is 36.8 Å². The normalized spacial score (nSPS) is 10.8. The van der Waals surface area contributed by atoms with E-state index in [1.807, 2.05) is 73.7 Å². The molecule has 0 radical (unpaired) electrons. The smallest absolute Gasteiger partial charge is 0.243 e. The van der Waals surface area contributed by atoms with Gasteiger partial charge >= 0.3 is 0 Å². The summed E-state index contributed by atoms with van der Waals surface area (Å²) in [7, 11) is 1.67. The molecule has 6 nitrogen and oxygen atoms in total. The molecule has 2 heterocycles. The molecule has 4 rings (SSSR count). The van der Waals surface area contributed by atoms with Gasteiger partial charge in [-0.2, -0.15) is 4.52 Å². The molecule has 0 atom stereocenters. The van der Waals surface area contributed by atoms with Crippen molar-refractivity contribution in [1.82, 2.24) is 14.6 Å². The van der Waals surface area contributed by atoms with Crippen molar-refractivity contribution in [1.29, 1.82) is 0 Å². The fraction of sp³-hybridized carbons (Fsp3) is 0.182. The third kappa shape index (κ3) is 3.62. The third-order valence-electron chi connectivity index (χ3n) is 4.37. The minimum atomic E-state index is 0.538. The van der Waals surface area contributed by atoms with Crippen LogP contribution in [0, 0.1) is 0 Å². The summed E-state index contributed by atoms with van der Waals surface area (Å²) in [5.74, 6) is 2.23. The third-order valence-corrected chi connectivity index (χ3v) is 4.37. The number of aromatic nitrogens is 3. The van der Waals surface area contributed by atoms with Crippen molar-refractivity contribution >= 4 is 11.5 Å². The predicted octanol–water partition coefficient (Wildman–Crippen LogP) is 4.42. The van der Waals surface area contributed by atoms with Gasteiger partial charge in [0.2, 0.25) is 5.88 Å². The lowest BCUT2D eigenvalue weighted by atomic mass is 10.2. The zero-order valence-electron chi connectivity index (χ0n) is 15.9. The van der Waals surface area contributed by atoms with Crippen molar-refractivity contribution < 1.29 is 9.47 Å². The summed E-state index contributed by atoms with van der Waals surface area (Å²) in [6, 6.07) is 21.8. The Morgan fingerprint density at radius 1 is 1.00 bits per heavy atom. The molecule has 6 heteroatoms. The highest BCUT2D eigenvalue weighted by molar-refractivity contribution is 5.69. The van der Waals surface area contributed by atoms with Crippen LogP contribution in [0.5, 0.6) is 11.6 Å². The fourth-order valence-electron chi connectivity index (χ4n) is 3.03. The first-order chi connectivity index (χ1) is 13.8. The predicted molar refractivity (Wildman–Crippen MR) is 110 cm³/mol. The van der Waals surface area contributed by atoms with Gasteiger partial charge in [-0.3, -0.25) is 0 Å². The highest BCUT2D eigenvalue weighted by Gasteiger charge is 2.16. The van der Waals surface area contributed by atoms with Gasteiger partial charge in [0.1, 0.15) is 17.3 Å². The van der Waals surface area contributed by atoms with Crippen LogP contribution in [0.1, 0.15) is 12.5 Å². The molecule has 0 aliphatic carbocycles. The molecule has 1 N–H and O–H groups in total. The molecule has 0 saturated heterocycles. The van der Waals surface area contributed by atoms with Crippen LogP contribution in [0.3, 0.4) is 0 Å². The van der Waals surface area contributed by atoms with E-state index in [-0.39, 0.29) is 0 Å². The van der Waals surface area contributed by atoms with E-state index in [0.29, 0.717) is 19.0 Å². The Morgan fingerprint density at radius 3 is 2.64 bits per heavy atom. The molecule has 0 unspecified atom stereocenters. The monoisotopic (exact) mass is 374 g/mol. The Bertz CT molecular complexity index is 1080. The lowest BCUT2D eigenvalue weighted by molar-refractivity contribution is 0.321. The van der Waals surface area contributed by atoms with Crippen molar-refractivity contribution in [2.45, 2.75) is 13.5 Å². The molecule has 0 fully saturated rings. The van der Waals surface area contributed by atoms with Gasteiger partial charge in [-0.25, -0.2) is 4.98 Å². The largest absolute Gasteiger partial charge is 0.497 e. The molecule has 2 aromatic carbocycles. The number of nitrogens with zero attached hydrogens (tertiary/aromatic N) is 3. The maximum Gasteiger partial charge on any atom is 0.243 e. The number of hydrogen-bond acceptors (Lipinski definition) is 5. The average molecular weight is 374 g/mol. The Balaban J connectivity index is 1.65. The number of anilines is 1. The van der Waals surface area contributed by atoms with Crippen molar-refractivity contribution in [2.75, 3.05) is 19.0 Å². The number of fused-ring (bicyclic) bond motifs is 1. The molecule has 142 valence electrons. The number of rotatable bonds is 7. The molecule has 0 spiro atoms. The second kappa shape index (κ2) is 8.00. The summed E-state index contributed by atoms with van der Waals surface area (Å²) in [6.07, 6.45) is 0. The van der Waals surface area contributed by atoms with Crippen molar-refractivity contribution in [3.05, 3.63) is 72.3 Å². The Hall–Kier alpha value is -3.54. The zero-order chi connectivity index (χ0) is 19.3.